The number of carbonyl (C=O) groups is 1. The normalized spacial score (nSPS) is 14.3. The Bertz CT molecular complexity index is 745. The third kappa shape index (κ3) is 4.22. The maximum atomic E-state index is 12.4. The van der Waals surface area contributed by atoms with E-state index < -0.39 is 0 Å². The monoisotopic (exact) mass is 325 g/mol. The average molecular weight is 325 g/mol. The highest BCUT2D eigenvalue weighted by atomic mass is 16.1. The molecule has 3 rings (SSSR count). The molecule has 1 saturated carbocycles. The van der Waals surface area contributed by atoms with E-state index in [0.717, 1.165) is 18.5 Å². The fraction of sp³-hybridized carbons (Fsp3) is 0.389. The molecule has 1 aromatic carbocycles. The second-order valence-electron chi connectivity index (χ2n) is 7.23. The van der Waals surface area contributed by atoms with Crippen LogP contribution in [0.15, 0.2) is 30.3 Å². The highest BCUT2D eigenvalue weighted by Crippen LogP contribution is 2.40. The van der Waals surface area contributed by atoms with Gasteiger partial charge in [0.15, 0.2) is 0 Å². The molecular weight excluding hydrogens is 302 g/mol. The standard InChI is InChI=1S/C18H23N5O/c1-18(2,3)23-17-20-14(11-4-5-11)10-15(22-17)21-16(24)12-6-8-13(19)9-7-12/h6-11H,4-5,19H2,1-3H3,(H2,20,21,22,23,24). The van der Waals surface area contributed by atoms with E-state index in [-0.39, 0.29) is 11.4 Å². The Hall–Kier alpha value is -2.63. The topological polar surface area (TPSA) is 92.9 Å². The van der Waals surface area contributed by atoms with Gasteiger partial charge in [-0.1, -0.05) is 0 Å². The molecule has 0 unspecified atom stereocenters. The average Bonchev–Trinajstić information content (AvgIpc) is 3.30. The number of hydrogen-bond donors (Lipinski definition) is 3. The first kappa shape index (κ1) is 16.2. The van der Waals surface area contributed by atoms with Crippen LogP contribution in [0.25, 0.3) is 0 Å². The maximum Gasteiger partial charge on any atom is 0.256 e. The van der Waals surface area contributed by atoms with E-state index in [0.29, 0.717) is 28.9 Å². The lowest BCUT2D eigenvalue weighted by Gasteiger charge is -2.21. The number of amides is 1. The lowest BCUT2D eigenvalue weighted by Crippen LogP contribution is -2.28. The predicted octanol–water partition coefficient (Wildman–Crippen LogP) is 3.40. The summed E-state index contributed by atoms with van der Waals surface area (Å²) in [5.74, 6) is 1.32. The minimum absolute atomic E-state index is 0.152. The summed E-state index contributed by atoms with van der Waals surface area (Å²) in [4.78, 5) is 21.4. The third-order valence-electron chi connectivity index (χ3n) is 3.64. The van der Waals surface area contributed by atoms with Gasteiger partial charge in [0, 0.05) is 28.8 Å². The molecule has 1 aliphatic carbocycles. The summed E-state index contributed by atoms with van der Waals surface area (Å²) in [7, 11) is 0. The Labute approximate surface area is 141 Å². The molecule has 2 aromatic rings. The van der Waals surface area contributed by atoms with Crippen LogP contribution in [0.2, 0.25) is 0 Å². The van der Waals surface area contributed by atoms with Crippen molar-refractivity contribution in [1.29, 1.82) is 0 Å². The van der Waals surface area contributed by atoms with Crippen molar-refractivity contribution in [3.63, 3.8) is 0 Å². The molecule has 0 radical (unpaired) electrons. The van der Waals surface area contributed by atoms with Gasteiger partial charge < -0.3 is 16.4 Å². The zero-order chi connectivity index (χ0) is 17.3. The number of anilines is 3. The van der Waals surface area contributed by atoms with Crippen LogP contribution in [0.4, 0.5) is 17.5 Å². The molecule has 0 saturated heterocycles. The van der Waals surface area contributed by atoms with Crippen molar-refractivity contribution in [1.82, 2.24) is 9.97 Å². The van der Waals surface area contributed by atoms with E-state index in [1.807, 2.05) is 26.8 Å². The van der Waals surface area contributed by atoms with Crippen LogP contribution in [0.3, 0.4) is 0 Å². The Morgan fingerprint density at radius 1 is 1.17 bits per heavy atom. The van der Waals surface area contributed by atoms with Crippen LogP contribution in [0.5, 0.6) is 0 Å². The lowest BCUT2D eigenvalue weighted by molar-refractivity contribution is 0.102. The van der Waals surface area contributed by atoms with Gasteiger partial charge in [-0.2, -0.15) is 4.98 Å². The van der Waals surface area contributed by atoms with Crippen molar-refractivity contribution in [3.8, 4) is 0 Å². The van der Waals surface area contributed by atoms with Gasteiger partial charge in [0.1, 0.15) is 5.82 Å². The summed E-state index contributed by atoms with van der Waals surface area (Å²) in [5, 5.41) is 6.13. The molecule has 1 aromatic heterocycles. The van der Waals surface area contributed by atoms with Crippen LogP contribution in [-0.4, -0.2) is 21.4 Å². The van der Waals surface area contributed by atoms with Crippen LogP contribution >= 0.6 is 0 Å². The van der Waals surface area contributed by atoms with E-state index in [2.05, 4.69) is 20.6 Å². The summed E-state index contributed by atoms with van der Waals surface area (Å²) < 4.78 is 0. The number of rotatable bonds is 4. The second-order valence-corrected chi connectivity index (χ2v) is 7.23. The van der Waals surface area contributed by atoms with Gasteiger partial charge in [-0.05, 0) is 57.9 Å². The van der Waals surface area contributed by atoms with E-state index in [1.54, 1.807) is 24.3 Å². The van der Waals surface area contributed by atoms with Crippen molar-refractivity contribution in [2.24, 2.45) is 0 Å². The summed E-state index contributed by atoms with van der Waals surface area (Å²) in [6.07, 6.45) is 2.27. The molecular formula is C18H23N5O. The quantitative estimate of drug-likeness (QED) is 0.749. The van der Waals surface area contributed by atoms with Gasteiger partial charge in [-0.25, -0.2) is 4.98 Å². The van der Waals surface area contributed by atoms with Crippen LogP contribution in [0, 0.1) is 0 Å². The smallest absolute Gasteiger partial charge is 0.256 e. The van der Waals surface area contributed by atoms with Crippen molar-refractivity contribution in [3.05, 3.63) is 41.6 Å². The molecule has 24 heavy (non-hydrogen) atoms. The number of nitrogens with zero attached hydrogens (tertiary/aromatic N) is 2. The first-order chi connectivity index (χ1) is 11.3. The Morgan fingerprint density at radius 3 is 2.42 bits per heavy atom. The second kappa shape index (κ2) is 6.11. The SMILES string of the molecule is CC(C)(C)Nc1nc(NC(=O)c2ccc(N)cc2)cc(C2CC2)n1. The maximum absolute atomic E-state index is 12.4. The molecule has 6 nitrogen and oxygen atoms in total. The van der Waals surface area contributed by atoms with Crippen molar-refractivity contribution in [2.75, 3.05) is 16.4 Å². The van der Waals surface area contributed by atoms with Gasteiger partial charge in [0.05, 0.1) is 5.69 Å². The molecule has 0 spiro atoms. The summed E-state index contributed by atoms with van der Waals surface area (Å²) in [5.41, 5.74) is 7.65. The van der Waals surface area contributed by atoms with E-state index in [4.69, 9.17) is 5.73 Å². The third-order valence-corrected chi connectivity index (χ3v) is 3.64. The van der Waals surface area contributed by atoms with Gasteiger partial charge in [0.2, 0.25) is 5.95 Å². The van der Waals surface area contributed by atoms with Crippen LogP contribution in [-0.2, 0) is 0 Å². The van der Waals surface area contributed by atoms with Crippen LogP contribution < -0.4 is 16.4 Å². The Kier molecular flexibility index (Phi) is 4.13. The number of carbonyl (C=O) groups excluding carboxylic acids is 1. The molecule has 0 atom stereocenters. The minimum Gasteiger partial charge on any atom is -0.399 e. The number of nitrogens with two attached hydrogens (primary N) is 1. The van der Waals surface area contributed by atoms with Crippen molar-refractivity contribution >= 4 is 23.4 Å². The fourth-order valence-electron chi connectivity index (χ4n) is 2.33. The summed E-state index contributed by atoms with van der Waals surface area (Å²) >= 11 is 0. The number of aromatic nitrogens is 2. The Balaban J connectivity index is 1.83. The molecule has 0 bridgehead atoms. The molecule has 6 heteroatoms. The first-order valence-corrected chi connectivity index (χ1v) is 8.14. The number of nitrogens with one attached hydrogen (secondary N) is 2. The van der Waals surface area contributed by atoms with Gasteiger partial charge in [-0.3, -0.25) is 4.79 Å². The zero-order valence-corrected chi connectivity index (χ0v) is 14.3. The summed E-state index contributed by atoms with van der Waals surface area (Å²) in [6.45, 7) is 6.15. The highest BCUT2D eigenvalue weighted by molar-refractivity contribution is 6.04. The fourth-order valence-corrected chi connectivity index (χ4v) is 2.33. The Morgan fingerprint density at radius 2 is 1.83 bits per heavy atom. The summed E-state index contributed by atoms with van der Waals surface area (Å²) in [6, 6.07) is 8.67. The van der Waals surface area contributed by atoms with Crippen LogP contribution in [0.1, 0.15) is 55.6 Å². The van der Waals surface area contributed by atoms with E-state index >= 15 is 0 Å². The van der Waals surface area contributed by atoms with Gasteiger partial charge in [-0.15, -0.1) is 0 Å². The molecule has 1 amide bonds. The first-order valence-electron chi connectivity index (χ1n) is 8.14. The number of nitrogen functional groups attached to an aromatic ring is 1. The molecule has 0 aliphatic heterocycles. The largest absolute Gasteiger partial charge is 0.399 e. The molecule has 126 valence electrons. The molecule has 4 N–H and O–H groups in total. The van der Waals surface area contributed by atoms with Gasteiger partial charge in [0.25, 0.3) is 5.91 Å². The molecule has 1 fully saturated rings. The van der Waals surface area contributed by atoms with Crippen molar-refractivity contribution < 1.29 is 4.79 Å². The number of hydrogen-bond acceptors (Lipinski definition) is 5. The zero-order valence-electron chi connectivity index (χ0n) is 14.3. The van der Waals surface area contributed by atoms with E-state index in [9.17, 15) is 4.79 Å². The van der Waals surface area contributed by atoms with Gasteiger partial charge >= 0.3 is 0 Å². The highest BCUT2D eigenvalue weighted by Gasteiger charge is 2.27. The lowest BCUT2D eigenvalue weighted by atomic mass is 10.1. The van der Waals surface area contributed by atoms with E-state index in [1.165, 1.54) is 0 Å². The molecule has 1 aliphatic rings. The minimum atomic E-state index is -0.211. The predicted molar refractivity (Wildman–Crippen MR) is 96.2 cm³/mol. The van der Waals surface area contributed by atoms with Crippen molar-refractivity contribution in [2.45, 2.75) is 45.1 Å². The molecule has 1 heterocycles. The number of benzene rings is 1.